The van der Waals surface area contributed by atoms with Crippen molar-refractivity contribution in [2.75, 3.05) is 0 Å². The maximum absolute atomic E-state index is 5.08. The third-order valence-corrected chi connectivity index (χ3v) is 23.7. The van der Waals surface area contributed by atoms with Crippen LogP contribution in [0.1, 0.15) is 0 Å². The summed E-state index contributed by atoms with van der Waals surface area (Å²) >= 11 is 0. The Morgan fingerprint density at radius 1 is 0.0952 bits per heavy atom. The van der Waals surface area contributed by atoms with Crippen LogP contribution in [0.25, 0.3) is 233 Å². The summed E-state index contributed by atoms with van der Waals surface area (Å²) in [7, 11) is 0. The lowest BCUT2D eigenvalue weighted by atomic mass is 9.92. The SMILES string of the molecule is c1ccc(-c2nc(-c3ccc(-c4ccc5c(ccc6ccccc65)c4)cc3)nc(-c3cccc4ccccc34)n2)cc1.c1ccc(-c2nc(-c3ccc(-c4ccc5ccccc5c4)cc3)nc(-c3cc4ccccc4c4ccccc34)n2)cc1.c1ccc(-c2nc(-c3ccccc3)nc(-c3ccc4cc(-c5cc6ccccc6c6ccccc56)ccc4c3)n2)cc1. The Morgan fingerprint density at radius 3 is 0.833 bits per heavy atom. The van der Waals surface area contributed by atoms with Crippen LogP contribution in [0.15, 0.2) is 455 Å². The highest BCUT2D eigenvalue weighted by molar-refractivity contribution is 6.16. The maximum Gasteiger partial charge on any atom is 0.164 e. The first-order chi connectivity index (χ1) is 62.4. The second-order valence-corrected chi connectivity index (χ2v) is 31.5. The molecule has 0 aliphatic heterocycles. The zero-order valence-electron chi connectivity index (χ0n) is 68.3. The van der Waals surface area contributed by atoms with E-state index in [-0.39, 0.29) is 0 Å². The highest BCUT2D eigenvalue weighted by Crippen LogP contribution is 2.41. The molecule has 0 fully saturated rings. The number of aromatic nitrogens is 9. The Balaban J connectivity index is 0.000000112. The highest BCUT2D eigenvalue weighted by Gasteiger charge is 2.21. The van der Waals surface area contributed by atoms with Crippen LogP contribution in [-0.4, -0.2) is 44.9 Å². The summed E-state index contributed by atoms with van der Waals surface area (Å²) in [5.74, 6) is 5.96. The van der Waals surface area contributed by atoms with Gasteiger partial charge in [0.25, 0.3) is 0 Å². The first-order valence-corrected chi connectivity index (χ1v) is 42.4. The van der Waals surface area contributed by atoms with Crippen LogP contribution >= 0.6 is 0 Å². The van der Waals surface area contributed by atoms with Crippen LogP contribution in [0, 0.1) is 0 Å². The summed E-state index contributed by atoms with van der Waals surface area (Å²) in [5, 5.41) is 21.9. The number of fused-ring (bicyclic) bond motifs is 12. The molecule has 0 saturated heterocycles. The van der Waals surface area contributed by atoms with E-state index in [9.17, 15) is 0 Å². The molecular formula is C117H75N9. The molecule has 24 rings (SSSR count). The fourth-order valence-electron chi connectivity index (χ4n) is 17.3. The Bertz CT molecular complexity index is 8190. The molecule has 126 heavy (non-hydrogen) atoms. The van der Waals surface area contributed by atoms with Crippen molar-refractivity contribution >= 4 is 97.0 Å². The van der Waals surface area contributed by atoms with Crippen molar-refractivity contribution in [2.24, 2.45) is 0 Å². The van der Waals surface area contributed by atoms with E-state index in [4.69, 9.17) is 44.9 Å². The lowest BCUT2D eigenvalue weighted by Crippen LogP contribution is -2.00. The van der Waals surface area contributed by atoms with Gasteiger partial charge in [0.05, 0.1) is 0 Å². The van der Waals surface area contributed by atoms with Gasteiger partial charge in [0.15, 0.2) is 52.4 Å². The topological polar surface area (TPSA) is 116 Å². The second-order valence-electron chi connectivity index (χ2n) is 31.5. The minimum Gasteiger partial charge on any atom is -0.208 e. The van der Waals surface area contributed by atoms with Crippen LogP contribution in [0.2, 0.25) is 0 Å². The summed E-state index contributed by atoms with van der Waals surface area (Å²) in [5.41, 5.74) is 15.8. The van der Waals surface area contributed by atoms with Gasteiger partial charge in [0.1, 0.15) is 0 Å². The van der Waals surface area contributed by atoms with Crippen molar-refractivity contribution < 1.29 is 0 Å². The van der Waals surface area contributed by atoms with Gasteiger partial charge in [0, 0.05) is 50.1 Å². The molecule has 0 aliphatic carbocycles. The Morgan fingerprint density at radius 2 is 0.341 bits per heavy atom. The quantitative estimate of drug-likeness (QED) is 0.110. The predicted octanol–water partition coefficient (Wildman–Crippen LogP) is 30.0. The molecule has 0 radical (unpaired) electrons. The normalized spacial score (nSPS) is 11.3. The van der Waals surface area contributed by atoms with E-state index in [0.29, 0.717) is 52.4 Å². The van der Waals surface area contributed by atoms with E-state index >= 15 is 0 Å². The zero-order valence-corrected chi connectivity index (χ0v) is 68.3. The van der Waals surface area contributed by atoms with E-state index in [2.05, 4.69) is 334 Å². The van der Waals surface area contributed by atoms with Gasteiger partial charge >= 0.3 is 0 Å². The molecule has 588 valence electrons. The average molecular weight is 1610 g/mol. The third kappa shape index (κ3) is 15.0. The second kappa shape index (κ2) is 33.2. The Hall–Kier alpha value is -17.0. The van der Waals surface area contributed by atoms with Crippen molar-refractivity contribution in [2.45, 2.75) is 0 Å². The lowest BCUT2D eigenvalue weighted by molar-refractivity contribution is 1.07. The Kier molecular flexibility index (Phi) is 19.8. The van der Waals surface area contributed by atoms with Gasteiger partial charge in [0.2, 0.25) is 0 Å². The average Bonchev–Trinajstić information content (AvgIpc) is 0.762. The molecule has 0 amide bonds. The van der Waals surface area contributed by atoms with Crippen molar-refractivity contribution in [1.29, 1.82) is 0 Å². The summed E-state index contributed by atoms with van der Waals surface area (Å²) in [6.45, 7) is 0. The number of rotatable bonds is 12. The summed E-state index contributed by atoms with van der Waals surface area (Å²) in [4.78, 5) is 44.6. The fraction of sp³-hybridized carbons (Fsp3) is 0. The number of nitrogens with zero attached hydrogens (tertiary/aromatic N) is 9. The smallest absolute Gasteiger partial charge is 0.164 e. The minimum atomic E-state index is 0.654. The van der Waals surface area contributed by atoms with Crippen molar-refractivity contribution in [3.8, 4) is 136 Å². The Labute approximate surface area is 727 Å². The number of hydrogen-bond acceptors (Lipinski definition) is 9. The fourth-order valence-corrected chi connectivity index (χ4v) is 17.3. The van der Waals surface area contributed by atoms with Crippen LogP contribution in [0.5, 0.6) is 0 Å². The lowest BCUT2D eigenvalue weighted by Gasteiger charge is -2.12. The van der Waals surface area contributed by atoms with Gasteiger partial charge in [-0.3, -0.25) is 0 Å². The zero-order chi connectivity index (χ0) is 83.6. The van der Waals surface area contributed by atoms with E-state index in [1.807, 2.05) is 121 Å². The molecule has 0 saturated carbocycles. The van der Waals surface area contributed by atoms with E-state index in [1.165, 1.54) is 92.3 Å². The van der Waals surface area contributed by atoms with Gasteiger partial charge in [-0.25, -0.2) is 44.9 Å². The predicted molar refractivity (Wildman–Crippen MR) is 522 cm³/mol. The minimum absolute atomic E-state index is 0.654. The van der Waals surface area contributed by atoms with Crippen molar-refractivity contribution in [1.82, 2.24) is 44.9 Å². The molecule has 0 atom stereocenters. The highest BCUT2D eigenvalue weighted by atomic mass is 15.1. The molecule has 0 spiro atoms. The molecule has 21 aromatic carbocycles. The van der Waals surface area contributed by atoms with Crippen molar-refractivity contribution in [3.05, 3.63) is 455 Å². The molecule has 3 heterocycles. The molecule has 0 aliphatic rings. The molecular weight excluding hydrogens is 1530 g/mol. The van der Waals surface area contributed by atoms with Crippen LogP contribution < -0.4 is 0 Å². The number of hydrogen-bond donors (Lipinski definition) is 0. The molecule has 9 nitrogen and oxygen atoms in total. The van der Waals surface area contributed by atoms with Gasteiger partial charge in [-0.1, -0.05) is 419 Å². The van der Waals surface area contributed by atoms with E-state index < -0.39 is 0 Å². The van der Waals surface area contributed by atoms with Gasteiger partial charge in [-0.2, -0.15) is 0 Å². The van der Waals surface area contributed by atoms with Gasteiger partial charge in [-0.05, 0) is 167 Å². The molecule has 0 N–H and O–H groups in total. The number of benzene rings is 21. The van der Waals surface area contributed by atoms with Crippen molar-refractivity contribution in [3.63, 3.8) is 0 Å². The maximum atomic E-state index is 5.08. The van der Waals surface area contributed by atoms with Crippen LogP contribution in [0.4, 0.5) is 0 Å². The summed E-state index contributed by atoms with van der Waals surface area (Å²) in [6, 6.07) is 159. The van der Waals surface area contributed by atoms with E-state index in [1.54, 1.807) is 0 Å². The summed E-state index contributed by atoms with van der Waals surface area (Å²) in [6.07, 6.45) is 0. The van der Waals surface area contributed by atoms with Crippen LogP contribution in [0.3, 0.4) is 0 Å². The molecule has 3 aromatic heterocycles. The van der Waals surface area contributed by atoms with Gasteiger partial charge in [-0.15, -0.1) is 0 Å². The molecule has 9 heteroatoms. The molecule has 0 bridgehead atoms. The largest absolute Gasteiger partial charge is 0.208 e. The molecule has 24 aromatic rings. The van der Waals surface area contributed by atoms with Gasteiger partial charge < -0.3 is 0 Å². The first-order valence-electron chi connectivity index (χ1n) is 42.4. The monoisotopic (exact) mass is 1610 g/mol. The third-order valence-electron chi connectivity index (χ3n) is 23.7. The standard InChI is InChI=1S/3C39H25N3/c1-3-11-26(12-4-1)37-40-38(27-13-5-2-6-14-27)42-39(41-37)32-22-20-28-23-31(21-19-29(28)24-32)36-25-30-15-7-8-16-33(30)34-17-9-10-18-35(34)36;1-2-11-29(12-3-1)37-40-38(42-39(41-37)36-16-8-13-27-9-4-7-15-34(27)36)30-20-17-26(18-21-30)31-23-24-35-32(25-31)22-19-28-10-5-6-14-33(28)35;1-2-11-28(12-3-1)37-40-38(29-21-18-27(19-22-29)31-23-20-26-10-4-5-13-30(26)24-31)42-39(41-37)36-25-32-14-6-7-15-33(32)34-16-8-9-17-35(34)36/h3*1-25H. The van der Waals surface area contributed by atoms with Crippen LogP contribution in [-0.2, 0) is 0 Å². The summed E-state index contributed by atoms with van der Waals surface area (Å²) < 4.78 is 0. The van der Waals surface area contributed by atoms with E-state index in [0.717, 1.165) is 88.1 Å². The molecule has 0 unspecified atom stereocenters. The first kappa shape index (κ1) is 75.2.